The summed E-state index contributed by atoms with van der Waals surface area (Å²) in [6.45, 7) is 7.27. The van der Waals surface area contributed by atoms with E-state index in [1.807, 2.05) is 18.2 Å². The van der Waals surface area contributed by atoms with Crippen molar-refractivity contribution < 1.29 is 14.2 Å². The lowest BCUT2D eigenvalue weighted by atomic mass is 10.2. The van der Waals surface area contributed by atoms with Crippen LogP contribution in [0.3, 0.4) is 0 Å². The molecule has 1 heterocycles. The summed E-state index contributed by atoms with van der Waals surface area (Å²) in [5.41, 5.74) is 1.20. The summed E-state index contributed by atoms with van der Waals surface area (Å²) >= 11 is 0. The van der Waals surface area contributed by atoms with Crippen molar-refractivity contribution in [3.05, 3.63) is 35.9 Å². The Morgan fingerprint density at radius 2 is 2.07 bits per heavy atom. The predicted molar refractivity (Wildman–Crippen MR) is 120 cm³/mol. The SMILES string of the molecule is CN=C(NCCOCC1CCCO1)NCC(C)COCc1ccccc1.I. The molecule has 7 heteroatoms. The quantitative estimate of drug-likeness (QED) is 0.216. The third-order valence-electron chi connectivity index (χ3n) is 4.22. The van der Waals surface area contributed by atoms with E-state index in [1.54, 1.807) is 7.05 Å². The molecule has 1 aromatic carbocycles. The van der Waals surface area contributed by atoms with Crippen molar-refractivity contribution >= 4 is 29.9 Å². The fourth-order valence-corrected chi connectivity index (χ4v) is 2.73. The van der Waals surface area contributed by atoms with Crippen LogP contribution in [-0.2, 0) is 20.8 Å². The molecule has 2 atom stereocenters. The second-order valence-electron chi connectivity index (χ2n) is 6.70. The van der Waals surface area contributed by atoms with Gasteiger partial charge in [-0.2, -0.15) is 0 Å². The molecule has 6 nitrogen and oxygen atoms in total. The van der Waals surface area contributed by atoms with Gasteiger partial charge in [-0.05, 0) is 24.3 Å². The molecule has 0 spiro atoms. The van der Waals surface area contributed by atoms with Crippen molar-refractivity contribution in [2.45, 2.75) is 32.5 Å². The van der Waals surface area contributed by atoms with Gasteiger partial charge in [-0.25, -0.2) is 0 Å². The average Bonchev–Trinajstić information content (AvgIpc) is 3.18. The number of guanidine groups is 1. The van der Waals surface area contributed by atoms with E-state index in [-0.39, 0.29) is 30.1 Å². The largest absolute Gasteiger partial charge is 0.377 e. The molecule has 154 valence electrons. The number of hydrogen-bond donors (Lipinski definition) is 2. The van der Waals surface area contributed by atoms with Crippen LogP contribution in [0.25, 0.3) is 0 Å². The smallest absolute Gasteiger partial charge is 0.191 e. The van der Waals surface area contributed by atoms with Crippen LogP contribution in [0.5, 0.6) is 0 Å². The second kappa shape index (κ2) is 15.1. The predicted octanol–water partition coefficient (Wildman–Crippen LogP) is 2.82. The Hall–Kier alpha value is -0.900. The number of nitrogens with one attached hydrogen (secondary N) is 2. The Morgan fingerprint density at radius 3 is 2.78 bits per heavy atom. The molecule has 1 aliphatic rings. The van der Waals surface area contributed by atoms with Crippen LogP contribution in [0.15, 0.2) is 35.3 Å². The molecular formula is C20H34IN3O3. The molecule has 1 fully saturated rings. The number of hydrogen-bond acceptors (Lipinski definition) is 4. The maximum atomic E-state index is 5.78. The van der Waals surface area contributed by atoms with Crippen molar-refractivity contribution in [1.82, 2.24) is 10.6 Å². The van der Waals surface area contributed by atoms with Crippen molar-refractivity contribution in [2.75, 3.05) is 46.6 Å². The summed E-state index contributed by atoms with van der Waals surface area (Å²) < 4.78 is 17.0. The molecule has 2 N–H and O–H groups in total. The van der Waals surface area contributed by atoms with Gasteiger partial charge in [0.25, 0.3) is 0 Å². The van der Waals surface area contributed by atoms with E-state index in [2.05, 4.69) is 34.7 Å². The maximum Gasteiger partial charge on any atom is 0.191 e. The van der Waals surface area contributed by atoms with Gasteiger partial charge in [-0.1, -0.05) is 37.3 Å². The van der Waals surface area contributed by atoms with Gasteiger partial charge in [0.05, 0.1) is 32.5 Å². The van der Waals surface area contributed by atoms with Crippen molar-refractivity contribution in [1.29, 1.82) is 0 Å². The molecule has 0 bridgehead atoms. The third kappa shape index (κ3) is 10.9. The summed E-state index contributed by atoms with van der Waals surface area (Å²) in [5.74, 6) is 1.19. The highest BCUT2D eigenvalue weighted by Crippen LogP contribution is 2.11. The van der Waals surface area contributed by atoms with Crippen LogP contribution < -0.4 is 10.6 Å². The Kier molecular flexibility index (Phi) is 13.5. The number of nitrogens with zero attached hydrogens (tertiary/aromatic N) is 1. The van der Waals surface area contributed by atoms with Crippen LogP contribution in [-0.4, -0.2) is 58.6 Å². The van der Waals surface area contributed by atoms with Gasteiger partial charge in [-0.15, -0.1) is 24.0 Å². The van der Waals surface area contributed by atoms with E-state index < -0.39 is 0 Å². The first-order chi connectivity index (χ1) is 12.8. The van der Waals surface area contributed by atoms with Gasteiger partial charge in [-0.3, -0.25) is 4.99 Å². The van der Waals surface area contributed by atoms with E-state index in [1.165, 1.54) is 5.56 Å². The van der Waals surface area contributed by atoms with Gasteiger partial charge >= 0.3 is 0 Å². The van der Waals surface area contributed by atoms with Gasteiger partial charge in [0.15, 0.2) is 5.96 Å². The highest BCUT2D eigenvalue weighted by molar-refractivity contribution is 14.0. The van der Waals surface area contributed by atoms with Crippen LogP contribution in [0.1, 0.15) is 25.3 Å². The summed E-state index contributed by atoms with van der Waals surface area (Å²) in [6, 6.07) is 10.2. The fourth-order valence-electron chi connectivity index (χ4n) is 2.73. The topological polar surface area (TPSA) is 64.1 Å². The molecule has 0 aliphatic carbocycles. The normalized spacial score (nSPS) is 18.0. The molecule has 0 saturated carbocycles. The lowest BCUT2D eigenvalue weighted by Crippen LogP contribution is -2.41. The summed E-state index contributed by atoms with van der Waals surface area (Å²) in [4.78, 5) is 4.24. The summed E-state index contributed by atoms with van der Waals surface area (Å²) in [5, 5.41) is 6.59. The van der Waals surface area contributed by atoms with Crippen molar-refractivity contribution in [3.63, 3.8) is 0 Å². The van der Waals surface area contributed by atoms with Crippen molar-refractivity contribution in [3.8, 4) is 0 Å². The van der Waals surface area contributed by atoms with Gasteiger partial charge in [0.1, 0.15) is 0 Å². The Bertz CT molecular complexity index is 510. The Morgan fingerprint density at radius 1 is 1.26 bits per heavy atom. The lowest BCUT2D eigenvalue weighted by molar-refractivity contribution is 0.0191. The zero-order chi connectivity index (χ0) is 18.5. The summed E-state index contributed by atoms with van der Waals surface area (Å²) in [6.07, 6.45) is 2.54. The zero-order valence-corrected chi connectivity index (χ0v) is 18.8. The highest BCUT2D eigenvalue weighted by Gasteiger charge is 2.14. The van der Waals surface area contributed by atoms with E-state index >= 15 is 0 Å². The molecule has 0 amide bonds. The number of halogens is 1. The monoisotopic (exact) mass is 491 g/mol. The molecule has 27 heavy (non-hydrogen) atoms. The fraction of sp³-hybridized carbons (Fsp3) is 0.650. The lowest BCUT2D eigenvalue weighted by Gasteiger charge is -2.16. The molecule has 1 aromatic rings. The Labute approximate surface area is 180 Å². The number of ether oxygens (including phenoxy) is 3. The standard InChI is InChI=1S/C20H33N3O3.HI/c1-17(14-25-15-18-7-4-3-5-8-18)13-23-20(21-2)22-10-12-24-16-19-9-6-11-26-19;/h3-5,7-8,17,19H,6,9-16H2,1-2H3,(H2,21,22,23);1H. The van der Waals surface area contributed by atoms with Crippen molar-refractivity contribution in [2.24, 2.45) is 10.9 Å². The summed E-state index contributed by atoms with van der Waals surface area (Å²) in [7, 11) is 1.78. The average molecular weight is 491 g/mol. The minimum Gasteiger partial charge on any atom is -0.377 e. The molecule has 0 aromatic heterocycles. The third-order valence-corrected chi connectivity index (χ3v) is 4.22. The molecule has 1 saturated heterocycles. The maximum absolute atomic E-state index is 5.78. The Balaban J connectivity index is 0.00000364. The molecule has 2 rings (SSSR count). The first-order valence-corrected chi connectivity index (χ1v) is 9.53. The number of benzene rings is 1. The number of aliphatic imine (C=N–C) groups is 1. The molecule has 2 unspecified atom stereocenters. The first-order valence-electron chi connectivity index (χ1n) is 9.53. The van der Waals surface area contributed by atoms with E-state index in [0.717, 1.165) is 38.5 Å². The minimum atomic E-state index is 0. The van der Waals surface area contributed by atoms with Crippen LogP contribution >= 0.6 is 24.0 Å². The minimum absolute atomic E-state index is 0. The molecule has 0 radical (unpaired) electrons. The van der Waals surface area contributed by atoms with Gasteiger partial charge in [0.2, 0.25) is 0 Å². The van der Waals surface area contributed by atoms with Gasteiger partial charge in [0, 0.05) is 26.7 Å². The van der Waals surface area contributed by atoms with Crippen LogP contribution in [0, 0.1) is 5.92 Å². The second-order valence-corrected chi connectivity index (χ2v) is 6.70. The van der Waals surface area contributed by atoms with Crippen LogP contribution in [0.2, 0.25) is 0 Å². The highest BCUT2D eigenvalue weighted by atomic mass is 127. The zero-order valence-electron chi connectivity index (χ0n) is 16.5. The van der Waals surface area contributed by atoms with Gasteiger partial charge < -0.3 is 24.8 Å². The van der Waals surface area contributed by atoms with E-state index in [4.69, 9.17) is 14.2 Å². The molecular weight excluding hydrogens is 457 g/mol. The van der Waals surface area contributed by atoms with Crippen LogP contribution in [0.4, 0.5) is 0 Å². The first kappa shape index (κ1) is 24.1. The van der Waals surface area contributed by atoms with E-state index in [9.17, 15) is 0 Å². The molecule has 1 aliphatic heterocycles. The number of rotatable bonds is 11. The van der Waals surface area contributed by atoms with E-state index in [0.29, 0.717) is 32.3 Å².